The summed E-state index contributed by atoms with van der Waals surface area (Å²) in [6.07, 6.45) is 1.58. The molecule has 0 spiro atoms. The van der Waals surface area contributed by atoms with E-state index in [1.165, 1.54) is 4.31 Å². The van der Waals surface area contributed by atoms with Crippen LogP contribution in [0.5, 0.6) is 0 Å². The molecule has 0 aliphatic rings. The highest BCUT2D eigenvalue weighted by Gasteiger charge is 2.25. The van der Waals surface area contributed by atoms with Gasteiger partial charge in [-0.15, -0.1) is 6.58 Å². The predicted octanol–water partition coefficient (Wildman–Crippen LogP) is 5.18. The van der Waals surface area contributed by atoms with Gasteiger partial charge in [0.1, 0.15) is 0 Å². The smallest absolute Gasteiger partial charge is 0.262 e. The summed E-state index contributed by atoms with van der Waals surface area (Å²) in [6, 6.07) is 18.0. The lowest BCUT2D eigenvalue weighted by Gasteiger charge is -2.25. The molecule has 0 aromatic heterocycles. The molecule has 0 amide bonds. The Bertz CT molecular complexity index is 1040. The van der Waals surface area contributed by atoms with Crippen molar-refractivity contribution in [1.29, 1.82) is 0 Å². The number of sulfonamides is 1. The highest BCUT2D eigenvalue weighted by molar-refractivity contribution is 7.92. The zero-order valence-electron chi connectivity index (χ0n) is 13.8. The minimum absolute atomic E-state index is 0.178. The van der Waals surface area contributed by atoms with E-state index in [4.69, 9.17) is 11.6 Å². The fourth-order valence-corrected chi connectivity index (χ4v) is 4.56. The van der Waals surface area contributed by atoms with E-state index in [2.05, 4.69) is 6.58 Å². The van der Waals surface area contributed by atoms with E-state index in [1.54, 1.807) is 36.4 Å². The highest BCUT2D eigenvalue weighted by Crippen LogP contribution is 2.30. The van der Waals surface area contributed by atoms with Crippen LogP contribution in [-0.4, -0.2) is 15.0 Å². The summed E-state index contributed by atoms with van der Waals surface area (Å²) in [5.41, 5.74) is 1.39. The van der Waals surface area contributed by atoms with Crippen LogP contribution >= 0.6 is 11.6 Å². The first kappa shape index (κ1) is 17.5. The molecule has 0 saturated heterocycles. The van der Waals surface area contributed by atoms with Crippen LogP contribution in [0.25, 0.3) is 10.8 Å². The van der Waals surface area contributed by atoms with Gasteiger partial charge in [-0.05, 0) is 53.6 Å². The third-order valence-corrected chi connectivity index (χ3v) is 6.04. The largest absolute Gasteiger partial charge is 0.264 e. The molecule has 25 heavy (non-hydrogen) atoms. The van der Waals surface area contributed by atoms with Gasteiger partial charge in [0.2, 0.25) is 0 Å². The number of hydrogen-bond acceptors (Lipinski definition) is 2. The van der Waals surface area contributed by atoms with Gasteiger partial charge in [-0.3, -0.25) is 4.31 Å². The zero-order valence-corrected chi connectivity index (χ0v) is 15.4. The van der Waals surface area contributed by atoms with Gasteiger partial charge >= 0.3 is 0 Å². The fourth-order valence-electron chi connectivity index (χ4n) is 2.80. The van der Waals surface area contributed by atoms with Crippen LogP contribution in [-0.2, 0) is 10.0 Å². The minimum Gasteiger partial charge on any atom is -0.262 e. The second kappa shape index (κ2) is 6.90. The van der Waals surface area contributed by atoms with Crippen molar-refractivity contribution in [3.8, 4) is 0 Å². The van der Waals surface area contributed by atoms with Crippen molar-refractivity contribution in [2.24, 2.45) is 0 Å². The minimum atomic E-state index is -3.72. The Labute approximate surface area is 153 Å². The Hall–Kier alpha value is -2.30. The maximum absolute atomic E-state index is 13.2. The van der Waals surface area contributed by atoms with Gasteiger partial charge in [0, 0.05) is 5.02 Å². The van der Waals surface area contributed by atoms with Gasteiger partial charge in [-0.25, -0.2) is 8.42 Å². The summed E-state index contributed by atoms with van der Waals surface area (Å²) in [6.45, 7) is 5.72. The van der Waals surface area contributed by atoms with Crippen molar-refractivity contribution in [3.63, 3.8) is 0 Å². The number of anilines is 1. The van der Waals surface area contributed by atoms with E-state index in [0.29, 0.717) is 10.7 Å². The zero-order chi connectivity index (χ0) is 18.0. The second-order valence-electron chi connectivity index (χ2n) is 5.76. The van der Waals surface area contributed by atoms with Gasteiger partial charge in [0.25, 0.3) is 10.0 Å². The molecule has 3 aromatic carbocycles. The first-order chi connectivity index (χ1) is 11.9. The molecule has 0 radical (unpaired) electrons. The lowest BCUT2D eigenvalue weighted by molar-refractivity contribution is 0.593. The SMILES string of the molecule is C=CCN(c1ccc(Cl)cc1C)S(=O)(=O)c1ccc2ccccc2c1. The van der Waals surface area contributed by atoms with E-state index in [9.17, 15) is 8.42 Å². The van der Waals surface area contributed by atoms with Crippen molar-refractivity contribution < 1.29 is 8.42 Å². The molecule has 0 N–H and O–H groups in total. The first-order valence-corrected chi connectivity index (χ1v) is 9.64. The van der Waals surface area contributed by atoms with Crippen LogP contribution in [0.4, 0.5) is 5.69 Å². The maximum atomic E-state index is 13.2. The van der Waals surface area contributed by atoms with Crippen molar-refractivity contribution in [1.82, 2.24) is 0 Å². The summed E-state index contributed by atoms with van der Waals surface area (Å²) in [5, 5.41) is 2.46. The Morgan fingerprint density at radius 2 is 1.76 bits per heavy atom. The van der Waals surface area contributed by atoms with Crippen molar-refractivity contribution in [2.75, 3.05) is 10.8 Å². The highest BCUT2D eigenvalue weighted by atomic mass is 35.5. The summed E-state index contributed by atoms with van der Waals surface area (Å²) in [4.78, 5) is 0.252. The third kappa shape index (κ3) is 3.41. The van der Waals surface area contributed by atoms with Crippen molar-refractivity contribution in [3.05, 3.63) is 83.9 Å². The fraction of sp³-hybridized carbons (Fsp3) is 0.100. The molecule has 5 heteroatoms. The number of rotatable bonds is 5. The molecule has 3 aromatic rings. The predicted molar refractivity (Wildman–Crippen MR) is 105 cm³/mol. The van der Waals surface area contributed by atoms with Crippen LogP contribution in [0.15, 0.2) is 78.2 Å². The number of nitrogens with zero attached hydrogens (tertiary/aromatic N) is 1. The molecular weight excluding hydrogens is 354 g/mol. The molecule has 0 saturated carbocycles. The van der Waals surface area contributed by atoms with Gasteiger partial charge < -0.3 is 0 Å². The second-order valence-corrected chi connectivity index (χ2v) is 8.06. The van der Waals surface area contributed by atoms with Gasteiger partial charge in [0.05, 0.1) is 17.1 Å². The first-order valence-electron chi connectivity index (χ1n) is 7.82. The van der Waals surface area contributed by atoms with E-state index in [-0.39, 0.29) is 11.4 Å². The summed E-state index contributed by atoms with van der Waals surface area (Å²) in [7, 11) is -3.72. The average molecular weight is 372 g/mol. The molecule has 0 unspecified atom stereocenters. The van der Waals surface area contributed by atoms with Crippen LogP contribution < -0.4 is 4.31 Å². The maximum Gasteiger partial charge on any atom is 0.264 e. The Morgan fingerprint density at radius 3 is 2.44 bits per heavy atom. The quantitative estimate of drug-likeness (QED) is 0.579. The number of benzene rings is 3. The van der Waals surface area contributed by atoms with Gasteiger partial charge in [-0.2, -0.15) is 0 Å². The molecule has 128 valence electrons. The molecule has 0 fully saturated rings. The lowest BCUT2D eigenvalue weighted by Crippen LogP contribution is -2.31. The van der Waals surface area contributed by atoms with E-state index >= 15 is 0 Å². The topological polar surface area (TPSA) is 37.4 Å². The summed E-state index contributed by atoms with van der Waals surface area (Å²) >= 11 is 6.01. The van der Waals surface area contributed by atoms with Crippen LogP contribution in [0.1, 0.15) is 5.56 Å². The lowest BCUT2D eigenvalue weighted by atomic mass is 10.1. The van der Waals surface area contributed by atoms with Crippen LogP contribution in [0, 0.1) is 6.92 Å². The summed E-state index contributed by atoms with van der Waals surface area (Å²) in [5.74, 6) is 0. The molecule has 0 heterocycles. The van der Waals surface area contributed by atoms with E-state index in [0.717, 1.165) is 16.3 Å². The Morgan fingerprint density at radius 1 is 1.04 bits per heavy atom. The molecule has 0 bridgehead atoms. The average Bonchev–Trinajstić information content (AvgIpc) is 2.60. The van der Waals surface area contributed by atoms with Gasteiger partial charge in [-0.1, -0.05) is 48.0 Å². The number of hydrogen-bond donors (Lipinski definition) is 0. The van der Waals surface area contributed by atoms with Crippen LogP contribution in [0.3, 0.4) is 0 Å². The van der Waals surface area contributed by atoms with Crippen molar-refractivity contribution >= 4 is 38.1 Å². The monoisotopic (exact) mass is 371 g/mol. The normalized spacial score (nSPS) is 11.4. The summed E-state index contributed by atoms with van der Waals surface area (Å²) < 4.78 is 27.9. The Balaban J connectivity index is 2.14. The number of aryl methyl sites for hydroxylation is 1. The molecule has 0 atom stereocenters. The number of fused-ring (bicyclic) bond motifs is 1. The van der Waals surface area contributed by atoms with Gasteiger partial charge in [0.15, 0.2) is 0 Å². The van der Waals surface area contributed by atoms with Crippen molar-refractivity contribution in [2.45, 2.75) is 11.8 Å². The molecule has 3 nitrogen and oxygen atoms in total. The molecular formula is C20H18ClNO2S. The standard InChI is InChI=1S/C20H18ClNO2S/c1-3-12-22(20-11-9-18(21)13-15(20)2)25(23,24)19-10-8-16-6-4-5-7-17(16)14-19/h3-11,13-14H,1,12H2,2H3. The van der Waals surface area contributed by atoms with E-state index < -0.39 is 10.0 Å². The number of halogens is 1. The molecule has 3 rings (SSSR count). The van der Waals surface area contributed by atoms with E-state index in [1.807, 2.05) is 37.3 Å². The Kier molecular flexibility index (Phi) is 4.84. The molecule has 0 aliphatic heterocycles. The molecule has 0 aliphatic carbocycles. The third-order valence-electron chi connectivity index (χ3n) is 4.03. The van der Waals surface area contributed by atoms with Crippen LogP contribution in [0.2, 0.25) is 5.02 Å².